The smallest absolute Gasteiger partial charge is 0.329 e. The molecule has 1 saturated heterocycles. The first-order chi connectivity index (χ1) is 13.4. The molecule has 0 amide bonds. The fourth-order valence-electron chi connectivity index (χ4n) is 3.59. The Kier molecular flexibility index (Phi) is 9.80. The lowest BCUT2D eigenvalue weighted by Crippen LogP contribution is -2.21. The van der Waals surface area contributed by atoms with Crippen molar-refractivity contribution in [1.82, 2.24) is 4.90 Å². The van der Waals surface area contributed by atoms with Crippen LogP contribution in [0, 0.1) is 0 Å². The van der Waals surface area contributed by atoms with Crippen LogP contribution in [-0.4, -0.2) is 46.6 Å². The molecule has 1 heterocycles. The zero-order chi connectivity index (χ0) is 20.4. The molecule has 1 fully saturated rings. The first-order valence-electron chi connectivity index (χ1n) is 10.6. The molecule has 1 unspecified atom stereocenters. The Balaban J connectivity index is 1.85. The largest absolute Gasteiger partial charge is 0.490 e. The number of hydrogen-bond acceptors (Lipinski definition) is 4. The highest BCUT2D eigenvalue weighted by Crippen LogP contribution is 2.45. The lowest BCUT2D eigenvalue weighted by molar-refractivity contribution is 0.269. The predicted octanol–water partition coefficient (Wildman–Crippen LogP) is 4.58. The van der Waals surface area contributed by atoms with Gasteiger partial charge in [0.1, 0.15) is 0 Å². The maximum Gasteiger partial charge on any atom is 0.329 e. The average molecular weight is 413 g/mol. The first kappa shape index (κ1) is 23.2. The van der Waals surface area contributed by atoms with E-state index in [2.05, 4.69) is 11.8 Å². The summed E-state index contributed by atoms with van der Waals surface area (Å²) in [5.41, 5.74) is 0.528. The summed E-state index contributed by atoms with van der Waals surface area (Å²) < 4.78 is 23.1. The molecule has 0 radical (unpaired) electrons. The molecule has 2 N–H and O–H groups in total. The molecule has 0 aliphatic carbocycles. The van der Waals surface area contributed by atoms with Crippen molar-refractivity contribution < 1.29 is 23.8 Å². The summed E-state index contributed by atoms with van der Waals surface area (Å²) in [5, 5.41) is 0. The molecule has 160 valence electrons. The van der Waals surface area contributed by atoms with Gasteiger partial charge in [0.25, 0.3) is 0 Å². The highest BCUT2D eigenvalue weighted by atomic mass is 31.2. The van der Waals surface area contributed by atoms with E-state index >= 15 is 0 Å². The predicted molar refractivity (Wildman–Crippen MR) is 112 cm³/mol. The molecule has 1 aromatic carbocycles. The Morgan fingerprint density at radius 2 is 1.82 bits per heavy atom. The van der Waals surface area contributed by atoms with Crippen LogP contribution in [0.1, 0.15) is 64.4 Å². The van der Waals surface area contributed by atoms with Crippen molar-refractivity contribution in [2.24, 2.45) is 0 Å². The summed E-state index contributed by atoms with van der Waals surface area (Å²) in [4.78, 5) is 20.8. The Morgan fingerprint density at radius 1 is 1.07 bits per heavy atom. The summed E-state index contributed by atoms with van der Waals surface area (Å²) in [6.07, 6.45) is 7.92. The summed E-state index contributed by atoms with van der Waals surface area (Å²) in [6.45, 7) is 7.24. The summed E-state index contributed by atoms with van der Waals surface area (Å²) in [6, 6.07) is 5.96. The molecule has 1 aromatic rings. The molecule has 2 rings (SSSR count). The number of nitrogens with zero attached hydrogens (tertiary/aromatic N) is 1. The second-order valence-corrected chi connectivity index (χ2v) is 9.51. The summed E-state index contributed by atoms with van der Waals surface area (Å²) in [5.74, 6) is 1.52. The molecular weight excluding hydrogens is 377 g/mol. The lowest BCUT2D eigenvalue weighted by atomic mass is 10.1. The molecule has 7 heteroatoms. The normalized spacial score (nSPS) is 17.8. The van der Waals surface area contributed by atoms with Gasteiger partial charge in [-0.1, -0.05) is 45.1 Å². The van der Waals surface area contributed by atoms with E-state index in [9.17, 15) is 14.4 Å². The second kappa shape index (κ2) is 11.8. The van der Waals surface area contributed by atoms with Crippen LogP contribution < -0.4 is 9.47 Å². The van der Waals surface area contributed by atoms with Crippen LogP contribution in [0.2, 0.25) is 0 Å². The van der Waals surface area contributed by atoms with E-state index in [0.29, 0.717) is 39.3 Å². The van der Waals surface area contributed by atoms with Crippen molar-refractivity contribution in [3.63, 3.8) is 0 Å². The number of benzene rings is 1. The molecule has 0 bridgehead atoms. The van der Waals surface area contributed by atoms with Gasteiger partial charge in [-0.2, -0.15) is 0 Å². The van der Waals surface area contributed by atoms with E-state index in [1.54, 1.807) is 0 Å². The van der Waals surface area contributed by atoms with Crippen molar-refractivity contribution in [2.75, 3.05) is 26.3 Å². The Bertz CT molecular complexity index is 633. The first-order valence-corrected chi connectivity index (χ1v) is 12.3. The SMILES string of the molecule is CCCCCCCCOc1ccc(CN2CCC(P(=O)(O)O)C2)cc1OCC. The molecule has 1 atom stereocenters. The quantitative estimate of drug-likeness (QED) is 0.364. The maximum absolute atomic E-state index is 11.4. The number of hydrogen-bond donors (Lipinski definition) is 2. The number of likely N-dealkylation sites (tertiary alicyclic amines) is 1. The minimum Gasteiger partial charge on any atom is -0.490 e. The van der Waals surface area contributed by atoms with Gasteiger partial charge in [-0.15, -0.1) is 0 Å². The highest BCUT2D eigenvalue weighted by Gasteiger charge is 2.35. The van der Waals surface area contributed by atoms with Crippen LogP contribution in [0.25, 0.3) is 0 Å². The maximum atomic E-state index is 11.4. The third kappa shape index (κ3) is 7.75. The standard InChI is InChI=1S/C21H36NO5P/c1-3-5-6-7-8-9-14-27-20-11-10-18(15-21(20)26-4-2)16-22-13-12-19(17-22)28(23,24)25/h10-11,15,19H,3-9,12-14,16-17H2,1-2H3,(H2,23,24,25). The molecule has 28 heavy (non-hydrogen) atoms. The molecule has 1 aliphatic rings. The Labute approximate surface area is 169 Å². The van der Waals surface area contributed by atoms with Crippen LogP contribution >= 0.6 is 7.60 Å². The van der Waals surface area contributed by atoms with Gasteiger partial charge in [-0.3, -0.25) is 9.46 Å². The molecule has 0 aromatic heterocycles. The number of unbranched alkanes of at least 4 members (excludes halogenated alkanes) is 5. The summed E-state index contributed by atoms with van der Waals surface area (Å²) >= 11 is 0. The van der Waals surface area contributed by atoms with E-state index < -0.39 is 13.3 Å². The van der Waals surface area contributed by atoms with Gasteiger partial charge >= 0.3 is 7.60 Å². The fraction of sp³-hybridized carbons (Fsp3) is 0.714. The van der Waals surface area contributed by atoms with Crippen LogP contribution in [-0.2, 0) is 11.1 Å². The van der Waals surface area contributed by atoms with Gasteiger partial charge in [-0.25, -0.2) is 0 Å². The average Bonchev–Trinajstić information content (AvgIpc) is 3.12. The van der Waals surface area contributed by atoms with Crippen LogP contribution in [0.3, 0.4) is 0 Å². The monoisotopic (exact) mass is 413 g/mol. The van der Waals surface area contributed by atoms with E-state index in [0.717, 1.165) is 23.5 Å². The van der Waals surface area contributed by atoms with Crippen LogP contribution in [0.4, 0.5) is 0 Å². The Hall–Kier alpha value is -1.07. The molecule has 0 spiro atoms. The van der Waals surface area contributed by atoms with Gasteiger partial charge in [0.05, 0.1) is 18.9 Å². The fourth-order valence-corrected chi connectivity index (χ4v) is 4.49. The summed E-state index contributed by atoms with van der Waals surface area (Å²) in [7, 11) is -3.99. The zero-order valence-electron chi connectivity index (χ0n) is 17.3. The van der Waals surface area contributed by atoms with E-state index in [-0.39, 0.29) is 0 Å². The van der Waals surface area contributed by atoms with E-state index in [4.69, 9.17) is 9.47 Å². The van der Waals surface area contributed by atoms with Gasteiger partial charge in [0.2, 0.25) is 0 Å². The van der Waals surface area contributed by atoms with E-state index in [1.165, 1.54) is 32.1 Å². The van der Waals surface area contributed by atoms with Crippen LogP contribution in [0.5, 0.6) is 11.5 Å². The van der Waals surface area contributed by atoms with Gasteiger partial charge in [0, 0.05) is 13.1 Å². The van der Waals surface area contributed by atoms with Crippen molar-refractivity contribution in [2.45, 2.75) is 71.0 Å². The molecular formula is C21H36NO5P. The number of ether oxygens (including phenoxy) is 2. The van der Waals surface area contributed by atoms with Crippen molar-refractivity contribution in [3.8, 4) is 11.5 Å². The minimum absolute atomic E-state index is 0.435. The van der Waals surface area contributed by atoms with Crippen molar-refractivity contribution in [3.05, 3.63) is 23.8 Å². The topological polar surface area (TPSA) is 79.2 Å². The lowest BCUT2D eigenvalue weighted by Gasteiger charge is -2.18. The van der Waals surface area contributed by atoms with Crippen molar-refractivity contribution in [1.29, 1.82) is 0 Å². The van der Waals surface area contributed by atoms with Gasteiger partial charge in [0.15, 0.2) is 11.5 Å². The van der Waals surface area contributed by atoms with E-state index in [1.807, 2.05) is 25.1 Å². The second-order valence-electron chi connectivity index (χ2n) is 7.60. The van der Waals surface area contributed by atoms with Gasteiger partial charge in [-0.05, 0) is 44.0 Å². The van der Waals surface area contributed by atoms with Gasteiger partial charge < -0.3 is 19.3 Å². The van der Waals surface area contributed by atoms with Crippen LogP contribution in [0.15, 0.2) is 18.2 Å². The highest BCUT2D eigenvalue weighted by molar-refractivity contribution is 7.52. The third-order valence-electron chi connectivity index (χ3n) is 5.19. The minimum atomic E-state index is -3.99. The molecule has 0 saturated carbocycles. The number of rotatable bonds is 13. The molecule has 1 aliphatic heterocycles. The molecule has 6 nitrogen and oxygen atoms in total. The Morgan fingerprint density at radius 3 is 2.50 bits per heavy atom. The zero-order valence-corrected chi connectivity index (χ0v) is 18.2. The third-order valence-corrected chi connectivity index (χ3v) is 6.57. The van der Waals surface area contributed by atoms with Crippen molar-refractivity contribution >= 4 is 7.60 Å².